The first-order chi connectivity index (χ1) is 5.56. The number of nitrogens with one attached hydrogen (secondary N) is 1. The number of hydrogen-bond donors (Lipinski definition) is 2. The molecule has 0 aliphatic carbocycles. The van der Waals surface area contributed by atoms with Crippen LogP contribution in [0.4, 0.5) is 0 Å². The molecule has 1 atom stereocenters. The van der Waals surface area contributed by atoms with Crippen LogP contribution in [-0.2, 0) is 9.53 Å². The quantitative estimate of drug-likeness (QED) is 0.462. The highest BCUT2D eigenvalue weighted by atomic mass is 16.6. The van der Waals surface area contributed by atoms with Crippen molar-refractivity contribution in [3.05, 3.63) is 12.7 Å². The van der Waals surface area contributed by atoms with E-state index >= 15 is 0 Å². The number of aliphatic hydroxyl groups is 1. The molecule has 4 heteroatoms. The van der Waals surface area contributed by atoms with Crippen molar-refractivity contribution < 1.29 is 14.6 Å². The molecule has 0 saturated carbocycles. The number of aliphatic hydroxyl groups excluding tert-OH is 1. The fourth-order valence-corrected chi connectivity index (χ4v) is 0.506. The van der Waals surface area contributed by atoms with Crippen LogP contribution in [0.2, 0.25) is 0 Å². The molecule has 1 amide bonds. The van der Waals surface area contributed by atoms with Crippen molar-refractivity contribution in [1.82, 2.24) is 5.32 Å². The largest absolute Gasteiger partial charge is 0.351 e. The van der Waals surface area contributed by atoms with Gasteiger partial charge in [-0.25, -0.2) is 0 Å². The summed E-state index contributed by atoms with van der Waals surface area (Å²) in [4.78, 5) is 10.6. The standard InChI is InChI=1S/C8H15NO3/c1-4-7(10)9-8(11)12-5-6(2)3/h4,6,8,11H,1,5H2,2-3H3,(H,9,10). The van der Waals surface area contributed by atoms with Crippen molar-refractivity contribution >= 4 is 5.91 Å². The molecule has 0 saturated heterocycles. The lowest BCUT2D eigenvalue weighted by molar-refractivity contribution is -0.146. The van der Waals surface area contributed by atoms with E-state index in [1.807, 2.05) is 13.8 Å². The van der Waals surface area contributed by atoms with Gasteiger partial charge in [0.15, 0.2) is 0 Å². The molecule has 0 heterocycles. The maximum Gasteiger partial charge on any atom is 0.247 e. The van der Waals surface area contributed by atoms with Crippen molar-refractivity contribution in [2.45, 2.75) is 20.3 Å². The van der Waals surface area contributed by atoms with Crippen LogP contribution in [0.15, 0.2) is 12.7 Å². The Morgan fingerprint density at radius 2 is 2.33 bits per heavy atom. The Morgan fingerprint density at radius 3 is 2.75 bits per heavy atom. The third-order valence-electron chi connectivity index (χ3n) is 1.04. The van der Waals surface area contributed by atoms with Crippen LogP contribution < -0.4 is 5.32 Å². The molecule has 0 radical (unpaired) electrons. The normalized spacial score (nSPS) is 12.7. The minimum absolute atomic E-state index is 0.320. The number of carbonyl (C=O) groups is 1. The zero-order valence-corrected chi connectivity index (χ0v) is 7.41. The molecule has 0 aliphatic heterocycles. The van der Waals surface area contributed by atoms with E-state index < -0.39 is 12.3 Å². The van der Waals surface area contributed by atoms with Gasteiger partial charge in [-0.3, -0.25) is 4.79 Å². The van der Waals surface area contributed by atoms with Crippen LogP contribution in [0.25, 0.3) is 0 Å². The summed E-state index contributed by atoms with van der Waals surface area (Å²) in [5, 5.41) is 11.2. The summed E-state index contributed by atoms with van der Waals surface area (Å²) < 4.78 is 4.85. The van der Waals surface area contributed by atoms with Gasteiger partial charge in [-0.05, 0) is 12.0 Å². The molecule has 0 aliphatic rings. The van der Waals surface area contributed by atoms with E-state index in [0.717, 1.165) is 6.08 Å². The smallest absolute Gasteiger partial charge is 0.247 e. The van der Waals surface area contributed by atoms with Crippen LogP contribution >= 0.6 is 0 Å². The van der Waals surface area contributed by atoms with E-state index in [1.165, 1.54) is 0 Å². The highest BCUT2D eigenvalue weighted by Gasteiger charge is 2.06. The third-order valence-corrected chi connectivity index (χ3v) is 1.04. The van der Waals surface area contributed by atoms with E-state index in [2.05, 4.69) is 11.9 Å². The fraction of sp³-hybridized carbons (Fsp3) is 0.625. The van der Waals surface area contributed by atoms with Crippen LogP contribution in [0.3, 0.4) is 0 Å². The lowest BCUT2D eigenvalue weighted by Gasteiger charge is -2.13. The van der Waals surface area contributed by atoms with Crippen molar-refractivity contribution in [3.63, 3.8) is 0 Å². The second-order valence-electron chi connectivity index (χ2n) is 2.79. The van der Waals surface area contributed by atoms with Crippen molar-refractivity contribution in [3.8, 4) is 0 Å². The molecule has 0 rings (SSSR count). The Bertz CT molecular complexity index is 156. The van der Waals surface area contributed by atoms with Crippen LogP contribution in [-0.4, -0.2) is 24.0 Å². The summed E-state index contributed by atoms with van der Waals surface area (Å²) >= 11 is 0. The highest BCUT2D eigenvalue weighted by Crippen LogP contribution is 1.93. The van der Waals surface area contributed by atoms with Crippen molar-refractivity contribution in [2.24, 2.45) is 5.92 Å². The maximum atomic E-state index is 10.6. The summed E-state index contributed by atoms with van der Waals surface area (Å²) in [6.07, 6.45) is -0.167. The number of hydrogen-bond acceptors (Lipinski definition) is 3. The summed E-state index contributed by atoms with van der Waals surface area (Å²) in [6.45, 7) is 7.52. The number of amides is 1. The van der Waals surface area contributed by atoms with E-state index in [0.29, 0.717) is 12.5 Å². The highest BCUT2D eigenvalue weighted by molar-refractivity contribution is 5.86. The molecular weight excluding hydrogens is 158 g/mol. The molecule has 0 bridgehead atoms. The number of ether oxygens (including phenoxy) is 1. The van der Waals surface area contributed by atoms with Gasteiger partial charge in [-0.2, -0.15) is 0 Å². The molecule has 4 nitrogen and oxygen atoms in total. The second kappa shape index (κ2) is 5.74. The number of rotatable bonds is 5. The van der Waals surface area contributed by atoms with E-state index in [1.54, 1.807) is 0 Å². The van der Waals surface area contributed by atoms with Crippen molar-refractivity contribution in [2.75, 3.05) is 6.61 Å². The van der Waals surface area contributed by atoms with Crippen LogP contribution in [0.5, 0.6) is 0 Å². The second-order valence-corrected chi connectivity index (χ2v) is 2.79. The first-order valence-electron chi connectivity index (χ1n) is 3.79. The number of carbonyl (C=O) groups excluding carboxylic acids is 1. The summed E-state index contributed by atoms with van der Waals surface area (Å²) in [5.41, 5.74) is 0. The van der Waals surface area contributed by atoms with Crippen LogP contribution in [0, 0.1) is 5.92 Å². The van der Waals surface area contributed by atoms with Gasteiger partial charge in [0, 0.05) is 0 Å². The van der Waals surface area contributed by atoms with Gasteiger partial charge in [-0.1, -0.05) is 20.4 Å². The lowest BCUT2D eigenvalue weighted by atomic mass is 10.2. The fourth-order valence-electron chi connectivity index (χ4n) is 0.506. The van der Waals surface area contributed by atoms with Gasteiger partial charge >= 0.3 is 0 Å². The van der Waals surface area contributed by atoms with Crippen LogP contribution in [0.1, 0.15) is 13.8 Å². The van der Waals surface area contributed by atoms with Gasteiger partial charge in [0.2, 0.25) is 12.3 Å². The minimum atomic E-state index is -1.24. The molecule has 2 N–H and O–H groups in total. The molecule has 12 heavy (non-hydrogen) atoms. The molecular formula is C8H15NO3. The monoisotopic (exact) mass is 173 g/mol. The van der Waals surface area contributed by atoms with Gasteiger partial charge in [0.1, 0.15) is 0 Å². The van der Waals surface area contributed by atoms with Gasteiger partial charge in [-0.15, -0.1) is 0 Å². The summed E-state index contributed by atoms with van der Waals surface area (Å²) in [5.74, 6) is -0.133. The maximum absolute atomic E-state index is 10.6. The predicted molar refractivity (Wildman–Crippen MR) is 45.1 cm³/mol. The Kier molecular flexibility index (Phi) is 5.32. The molecule has 0 aromatic rings. The van der Waals surface area contributed by atoms with Gasteiger partial charge in [0.05, 0.1) is 6.61 Å². The minimum Gasteiger partial charge on any atom is -0.351 e. The Hall–Kier alpha value is -0.870. The molecule has 1 unspecified atom stereocenters. The van der Waals surface area contributed by atoms with Gasteiger partial charge in [0.25, 0.3) is 0 Å². The Balaban J connectivity index is 3.52. The zero-order chi connectivity index (χ0) is 9.56. The van der Waals surface area contributed by atoms with Gasteiger partial charge < -0.3 is 15.2 Å². The topological polar surface area (TPSA) is 58.6 Å². The SMILES string of the molecule is C=CC(=O)NC(O)OCC(C)C. The van der Waals surface area contributed by atoms with E-state index in [4.69, 9.17) is 9.84 Å². The molecule has 70 valence electrons. The molecule has 0 aromatic heterocycles. The first-order valence-corrected chi connectivity index (χ1v) is 3.79. The molecule has 0 fully saturated rings. The first kappa shape index (κ1) is 11.1. The molecule has 0 spiro atoms. The zero-order valence-electron chi connectivity index (χ0n) is 7.41. The Morgan fingerprint density at radius 1 is 1.75 bits per heavy atom. The predicted octanol–water partition coefficient (Wildman–Crippen LogP) is 0.237. The summed E-state index contributed by atoms with van der Waals surface area (Å²) in [7, 11) is 0. The van der Waals surface area contributed by atoms with E-state index in [-0.39, 0.29) is 0 Å². The van der Waals surface area contributed by atoms with E-state index in [9.17, 15) is 4.79 Å². The average molecular weight is 173 g/mol. The lowest BCUT2D eigenvalue weighted by Crippen LogP contribution is -2.36. The summed E-state index contributed by atoms with van der Waals surface area (Å²) in [6, 6.07) is 0. The Labute approximate surface area is 72.2 Å². The average Bonchev–Trinajstić information content (AvgIpc) is 2.00. The molecule has 0 aromatic carbocycles. The third kappa shape index (κ3) is 5.88. The van der Waals surface area contributed by atoms with Crippen molar-refractivity contribution in [1.29, 1.82) is 0 Å².